The van der Waals surface area contributed by atoms with Crippen molar-refractivity contribution in [3.05, 3.63) is 16.8 Å². The summed E-state index contributed by atoms with van der Waals surface area (Å²) in [6, 6.07) is 0. The third-order valence-corrected chi connectivity index (χ3v) is 2.84. The van der Waals surface area contributed by atoms with Crippen LogP contribution in [-0.2, 0) is 11.3 Å². The summed E-state index contributed by atoms with van der Waals surface area (Å²) in [5, 5.41) is 0. The molecule has 0 aromatic carbocycles. The Morgan fingerprint density at radius 2 is 2.00 bits per heavy atom. The fourth-order valence-corrected chi connectivity index (χ4v) is 1.81. The number of carbonyl (C=O) groups is 2. The molecule has 0 amide bonds. The van der Waals surface area contributed by atoms with Crippen molar-refractivity contribution in [2.45, 2.75) is 34.2 Å². The van der Waals surface area contributed by atoms with Gasteiger partial charge in [0.1, 0.15) is 0 Å². The highest BCUT2D eigenvalue weighted by Crippen LogP contribution is 2.28. The lowest BCUT2D eigenvalue weighted by Crippen LogP contribution is -2.14. The number of hydrogen-bond donors (Lipinski definition) is 0. The Bertz CT molecular complexity index is 460. The first-order chi connectivity index (χ1) is 8.42. The number of carbonyl (C=O) groups excluding carboxylic acids is 2. The number of aromatic nitrogens is 1. The van der Waals surface area contributed by atoms with Gasteiger partial charge in [0.15, 0.2) is 6.29 Å². The molecule has 0 aliphatic carbocycles. The Morgan fingerprint density at radius 3 is 2.44 bits per heavy atom. The predicted molar refractivity (Wildman–Crippen MR) is 67.2 cm³/mol. The van der Waals surface area contributed by atoms with E-state index in [1.54, 1.807) is 0 Å². The number of aldehydes is 1. The molecule has 1 rings (SSSR count). The van der Waals surface area contributed by atoms with Crippen molar-refractivity contribution >= 4 is 12.4 Å². The normalized spacial score (nSPS) is 10.6. The van der Waals surface area contributed by atoms with Crippen LogP contribution < -0.4 is 4.74 Å². The fraction of sp³-hybridized carbons (Fsp3) is 0.538. The van der Waals surface area contributed by atoms with Gasteiger partial charge < -0.3 is 14.0 Å². The van der Waals surface area contributed by atoms with Crippen LogP contribution in [0.1, 0.15) is 35.5 Å². The zero-order chi connectivity index (χ0) is 13.9. The quantitative estimate of drug-likeness (QED) is 0.611. The lowest BCUT2D eigenvalue weighted by atomic mass is 10.2. The third kappa shape index (κ3) is 2.72. The molecule has 1 aromatic rings. The van der Waals surface area contributed by atoms with E-state index in [-0.39, 0.29) is 5.88 Å². The summed E-state index contributed by atoms with van der Waals surface area (Å²) in [7, 11) is 1.23. The molecule has 0 spiro atoms. The van der Waals surface area contributed by atoms with Gasteiger partial charge in [-0.2, -0.15) is 0 Å². The molecule has 1 heterocycles. The molecule has 0 atom stereocenters. The highest BCUT2D eigenvalue weighted by atomic mass is 16.7. The molecule has 5 heteroatoms. The van der Waals surface area contributed by atoms with E-state index in [4.69, 9.17) is 4.74 Å². The van der Waals surface area contributed by atoms with E-state index in [0.717, 1.165) is 11.3 Å². The third-order valence-electron chi connectivity index (χ3n) is 2.84. The summed E-state index contributed by atoms with van der Waals surface area (Å²) in [4.78, 5) is 22.4. The van der Waals surface area contributed by atoms with Gasteiger partial charge in [-0.05, 0) is 25.3 Å². The largest absolute Gasteiger partial charge is 0.514 e. The van der Waals surface area contributed by atoms with E-state index in [1.807, 2.05) is 18.4 Å². The standard InChI is InChI=1S/C13H19NO4/c1-8(2)6-14-10(4)9(3)11(7-15)12(14)18-13(16)17-5/h7-8H,6H2,1-5H3. The van der Waals surface area contributed by atoms with Crippen molar-refractivity contribution < 1.29 is 19.1 Å². The van der Waals surface area contributed by atoms with E-state index >= 15 is 0 Å². The Morgan fingerprint density at radius 1 is 1.39 bits per heavy atom. The second-order valence-corrected chi connectivity index (χ2v) is 4.61. The van der Waals surface area contributed by atoms with Crippen LogP contribution in [0.2, 0.25) is 0 Å². The molecular weight excluding hydrogens is 234 g/mol. The second kappa shape index (κ2) is 5.71. The van der Waals surface area contributed by atoms with Crippen LogP contribution in [0.5, 0.6) is 5.88 Å². The van der Waals surface area contributed by atoms with Crippen molar-refractivity contribution in [2.24, 2.45) is 5.92 Å². The molecule has 0 radical (unpaired) electrons. The van der Waals surface area contributed by atoms with Crippen LogP contribution in [0.4, 0.5) is 4.79 Å². The van der Waals surface area contributed by atoms with Crippen molar-refractivity contribution in [2.75, 3.05) is 7.11 Å². The predicted octanol–water partition coefficient (Wildman–Crippen LogP) is 2.72. The molecular formula is C13H19NO4. The minimum absolute atomic E-state index is 0.264. The van der Waals surface area contributed by atoms with Gasteiger partial charge in [-0.3, -0.25) is 4.79 Å². The van der Waals surface area contributed by atoms with Gasteiger partial charge in [0.2, 0.25) is 5.88 Å². The van der Waals surface area contributed by atoms with E-state index in [1.165, 1.54) is 7.11 Å². The van der Waals surface area contributed by atoms with Crippen molar-refractivity contribution in [1.82, 2.24) is 4.57 Å². The number of ether oxygens (including phenoxy) is 2. The van der Waals surface area contributed by atoms with Gasteiger partial charge in [0, 0.05) is 12.2 Å². The zero-order valence-electron chi connectivity index (χ0n) is 11.4. The first kappa shape index (κ1) is 14.3. The van der Waals surface area contributed by atoms with E-state index in [0.29, 0.717) is 24.3 Å². The molecule has 0 aliphatic rings. The molecule has 0 aliphatic heterocycles. The number of rotatable bonds is 4. The average Bonchev–Trinajstić information content (AvgIpc) is 2.53. The molecule has 0 unspecified atom stereocenters. The molecule has 0 N–H and O–H groups in total. The molecule has 0 bridgehead atoms. The van der Waals surface area contributed by atoms with Gasteiger partial charge >= 0.3 is 6.16 Å². The van der Waals surface area contributed by atoms with E-state index in [2.05, 4.69) is 18.6 Å². The smallest absolute Gasteiger partial charge is 0.437 e. The molecule has 100 valence electrons. The molecule has 1 aromatic heterocycles. The van der Waals surface area contributed by atoms with Gasteiger partial charge in [-0.25, -0.2) is 4.79 Å². The van der Waals surface area contributed by atoms with Gasteiger partial charge in [-0.15, -0.1) is 0 Å². The summed E-state index contributed by atoms with van der Waals surface area (Å²) in [6.07, 6.45) is -0.113. The van der Waals surface area contributed by atoms with Gasteiger partial charge in [-0.1, -0.05) is 13.8 Å². The van der Waals surface area contributed by atoms with E-state index in [9.17, 15) is 9.59 Å². The monoisotopic (exact) mass is 253 g/mol. The van der Waals surface area contributed by atoms with Crippen LogP contribution in [0.25, 0.3) is 0 Å². The average molecular weight is 253 g/mol. The number of methoxy groups -OCH3 is 1. The van der Waals surface area contributed by atoms with Crippen LogP contribution >= 0.6 is 0 Å². The molecule has 0 saturated carbocycles. The van der Waals surface area contributed by atoms with Crippen LogP contribution in [0.3, 0.4) is 0 Å². The Balaban J connectivity index is 3.29. The zero-order valence-corrected chi connectivity index (χ0v) is 11.4. The van der Waals surface area contributed by atoms with E-state index < -0.39 is 6.16 Å². The maximum Gasteiger partial charge on any atom is 0.514 e. The Hall–Kier alpha value is -1.78. The first-order valence-electron chi connectivity index (χ1n) is 5.83. The number of nitrogens with zero attached hydrogens (tertiary/aromatic N) is 1. The summed E-state index contributed by atoms with van der Waals surface area (Å²) < 4.78 is 11.4. The summed E-state index contributed by atoms with van der Waals surface area (Å²) in [6.45, 7) is 8.51. The lowest BCUT2D eigenvalue weighted by Gasteiger charge is -2.13. The summed E-state index contributed by atoms with van der Waals surface area (Å²) in [5.74, 6) is 0.635. The van der Waals surface area contributed by atoms with Gasteiger partial charge in [0.05, 0.1) is 12.7 Å². The minimum Gasteiger partial charge on any atom is -0.437 e. The molecule has 0 fully saturated rings. The maximum atomic E-state index is 11.2. The topological polar surface area (TPSA) is 57.5 Å². The fourth-order valence-electron chi connectivity index (χ4n) is 1.81. The van der Waals surface area contributed by atoms with Crippen LogP contribution in [0.15, 0.2) is 0 Å². The van der Waals surface area contributed by atoms with Crippen LogP contribution in [0, 0.1) is 19.8 Å². The summed E-state index contributed by atoms with van der Waals surface area (Å²) in [5.41, 5.74) is 2.15. The highest BCUT2D eigenvalue weighted by molar-refractivity contribution is 5.83. The van der Waals surface area contributed by atoms with Crippen molar-refractivity contribution in [3.8, 4) is 5.88 Å². The highest BCUT2D eigenvalue weighted by Gasteiger charge is 2.21. The van der Waals surface area contributed by atoms with Gasteiger partial charge in [0.25, 0.3) is 0 Å². The Labute approximate surface area is 107 Å². The minimum atomic E-state index is -0.819. The van der Waals surface area contributed by atoms with Crippen LogP contribution in [-0.4, -0.2) is 24.1 Å². The van der Waals surface area contributed by atoms with Crippen molar-refractivity contribution in [3.63, 3.8) is 0 Å². The molecule has 0 saturated heterocycles. The summed E-state index contributed by atoms with van der Waals surface area (Å²) >= 11 is 0. The maximum absolute atomic E-state index is 11.2. The Kier molecular flexibility index (Phi) is 4.53. The number of hydrogen-bond acceptors (Lipinski definition) is 4. The molecule has 18 heavy (non-hydrogen) atoms. The molecule has 5 nitrogen and oxygen atoms in total. The lowest BCUT2D eigenvalue weighted by molar-refractivity contribution is 0.110. The first-order valence-corrected chi connectivity index (χ1v) is 5.83. The SMILES string of the molecule is COC(=O)Oc1c(C=O)c(C)c(C)n1CC(C)C. The van der Waals surface area contributed by atoms with Crippen molar-refractivity contribution in [1.29, 1.82) is 0 Å². The second-order valence-electron chi connectivity index (χ2n) is 4.61.